The number of anilines is 2. The molecule has 1 fully saturated rings. The molecule has 1 saturated heterocycles. The van der Waals surface area contributed by atoms with Gasteiger partial charge < -0.3 is 20.7 Å². The third kappa shape index (κ3) is 4.02. The van der Waals surface area contributed by atoms with Crippen LogP contribution in [0.2, 0.25) is 0 Å². The molecule has 0 radical (unpaired) electrons. The molecule has 1 aromatic carbocycles. The molecule has 2 aliphatic rings. The third-order valence-corrected chi connectivity index (χ3v) is 5.53. The average Bonchev–Trinajstić information content (AvgIpc) is 3.34. The highest BCUT2D eigenvalue weighted by molar-refractivity contribution is 7.15. The second-order valence-electron chi connectivity index (χ2n) is 6.59. The topological polar surface area (TPSA) is 122 Å². The number of fused-ring (bicyclic) bond motifs is 1. The van der Waals surface area contributed by atoms with Gasteiger partial charge in [-0.25, -0.2) is 0 Å². The summed E-state index contributed by atoms with van der Waals surface area (Å²) in [5.41, 5.74) is 0.866. The Morgan fingerprint density at radius 1 is 1.29 bits per heavy atom. The van der Waals surface area contributed by atoms with Crippen LogP contribution in [0.4, 0.5) is 10.8 Å². The Kier molecular flexibility index (Phi) is 5.31. The van der Waals surface area contributed by atoms with Crippen molar-refractivity contribution < 1.29 is 19.1 Å². The van der Waals surface area contributed by atoms with E-state index in [1.165, 1.54) is 11.3 Å². The molecule has 28 heavy (non-hydrogen) atoms. The summed E-state index contributed by atoms with van der Waals surface area (Å²) in [5.74, 6) is -0.980. The molecule has 0 bridgehead atoms. The molecule has 146 valence electrons. The first-order valence-electron chi connectivity index (χ1n) is 9.06. The van der Waals surface area contributed by atoms with Gasteiger partial charge in [0.15, 0.2) is 0 Å². The summed E-state index contributed by atoms with van der Waals surface area (Å²) in [4.78, 5) is 36.9. The van der Waals surface area contributed by atoms with Gasteiger partial charge in [0.2, 0.25) is 16.9 Å². The minimum atomic E-state index is -0.789. The number of nitrogens with zero attached hydrogens (tertiary/aromatic N) is 2. The SMILES string of the molecule is O=C(CC[C@H]1NC(=O)c2ccccc2NC1=O)Nc1nnc([C@@H]2CCCO2)s1. The van der Waals surface area contributed by atoms with E-state index >= 15 is 0 Å². The Balaban J connectivity index is 1.32. The first-order valence-corrected chi connectivity index (χ1v) is 9.87. The number of ether oxygens (including phenoxy) is 1. The van der Waals surface area contributed by atoms with Gasteiger partial charge in [-0.05, 0) is 31.4 Å². The molecule has 3 amide bonds. The highest BCUT2D eigenvalue weighted by Crippen LogP contribution is 2.31. The summed E-state index contributed by atoms with van der Waals surface area (Å²) in [6, 6.07) is 5.99. The van der Waals surface area contributed by atoms with Crippen molar-refractivity contribution in [1.82, 2.24) is 15.5 Å². The Bertz CT molecular complexity index is 909. The monoisotopic (exact) mass is 401 g/mol. The van der Waals surface area contributed by atoms with Crippen molar-refractivity contribution in [3.05, 3.63) is 34.8 Å². The van der Waals surface area contributed by atoms with E-state index in [0.717, 1.165) is 17.8 Å². The van der Waals surface area contributed by atoms with Crippen molar-refractivity contribution in [3.63, 3.8) is 0 Å². The maximum atomic E-state index is 12.4. The molecule has 0 spiro atoms. The Labute approximate surface area is 164 Å². The van der Waals surface area contributed by atoms with E-state index in [1.54, 1.807) is 24.3 Å². The van der Waals surface area contributed by atoms with Crippen molar-refractivity contribution in [2.24, 2.45) is 0 Å². The summed E-state index contributed by atoms with van der Waals surface area (Å²) < 4.78 is 5.56. The molecule has 1 aromatic heterocycles. The van der Waals surface area contributed by atoms with Crippen LogP contribution in [0, 0.1) is 0 Å². The molecule has 10 heteroatoms. The van der Waals surface area contributed by atoms with Crippen molar-refractivity contribution in [2.45, 2.75) is 37.8 Å². The first kappa shape index (κ1) is 18.5. The number of benzene rings is 1. The number of carbonyl (C=O) groups excluding carboxylic acids is 3. The third-order valence-electron chi connectivity index (χ3n) is 4.60. The van der Waals surface area contributed by atoms with Crippen molar-refractivity contribution in [2.75, 3.05) is 17.2 Å². The summed E-state index contributed by atoms with van der Waals surface area (Å²) in [6.45, 7) is 0.713. The zero-order chi connectivity index (χ0) is 19.5. The van der Waals surface area contributed by atoms with Gasteiger partial charge in [0.25, 0.3) is 5.91 Å². The molecule has 0 aliphatic carbocycles. The Morgan fingerprint density at radius 2 is 2.14 bits per heavy atom. The van der Waals surface area contributed by atoms with E-state index in [9.17, 15) is 14.4 Å². The number of amides is 3. The standard InChI is InChI=1S/C18H19N5O4S/c24-14(21-18-23-22-17(28-18)13-6-3-9-27-13)8-7-12-16(26)19-11-5-2-1-4-10(11)15(25)20-12/h1-2,4-5,12-13H,3,6-9H2,(H,19,26)(H,20,25)(H,21,23,24)/t12-,13+/m1/s1. The molecular weight excluding hydrogens is 382 g/mol. The van der Waals surface area contributed by atoms with Crippen LogP contribution in [0.15, 0.2) is 24.3 Å². The number of nitrogens with one attached hydrogen (secondary N) is 3. The van der Waals surface area contributed by atoms with Gasteiger partial charge in [-0.2, -0.15) is 0 Å². The smallest absolute Gasteiger partial charge is 0.254 e. The van der Waals surface area contributed by atoms with Crippen LogP contribution in [0.5, 0.6) is 0 Å². The van der Waals surface area contributed by atoms with Gasteiger partial charge in [-0.3, -0.25) is 14.4 Å². The van der Waals surface area contributed by atoms with Crippen LogP contribution in [-0.2, 0) is 14.3 Å². The van der Waals surface area contributed by atoms with Crippen LogP contribution in [0.3, 0.4) is 0 Å². The lowest BCUT2D eigenvalue weighted by Crippen LogP contribution is -2.41. The average molecular weight is 401 g/mol. The number of para-hydroxylation sites is 1. The maximum Gasteiger partial charge on any atom is 0.254 e. The number of rotatable bonds is 5. The zero-order valence-corrected chi connectivity index (χ0v) is 15.8. The van der Waals surface area contributed by atoms with Gasteiger partial charge in [0.1, 0.15) is 17.2 Å². The zero-order valence-electron chi connectivity index (χ0n) is 14.9. The molecule has 2 aromatic rings. The largest absolute Gasteiger partial charge is 0.371 e. The van der Waals surface area contributed by atoms with Crippen molar-refractivity contribution >= 4 is 39.9 Å². The van der Waals surface area contributed by atoms with Gasteiger partial charge in [0.05, 0.1) is 11.3 Å². The van der Waals surface area contributed by atoms with E-state index in [0.29, 0.717) is 23.0 Å². The van der Waals surface area contributed by atoms with Crippen molar-refractivity contribution in [3.8, 4) is 0 Å². The van der Waals surface area contributed by atoms with Crippen molar-refractivity contribution in [1.29, 1.82) is 0 Å². The van der Waals surface area contributed by atoms with Crippen LogP contribution in [-0.4, -0.2) is 40.6 Å². The Morgan fingerprint density at radius 3 is 2.96 bits per heavy atom. The second kappa shape index (κ2) is 8.03. The fraction of sp³-hybridized carbons (Fsp3) is 0.389. The van der Waals surface area contributed by atoms with E-state index < -0.39 is 6.04 Å². The van der Waals surface area contributed by atoms with Crippen LogP contribution in [0.1, 0.15) is 47.2 Å². The number of hydrogen-bond acceptors (Lipinski definition) is 7. The summed E-state index contributed by atoms with van der Waals surface area (Å²) >= 11 is 1.29. The second-order valence-corrected chi connectivity index (χ2v) is 7.60. The van der Waals surface area contributed by atoms with E-state index in [1.807, 2.05) is 0 Å². The summed E-state index contributed by atoms with van der Waals surface area (Å²) in [5, 5.41) is 17.3. The van der Waals surface area contributed by atoms with Crippen LogP contribution in [0.25, 0.3) is 0 Å². The molecular formula is C18H19N5O4S. The minimum Gasteiger partial charge on any atom is -0.371 e. The molecule has 4 rings (SSSR count). The van der Waals surface area contributed by atoms with E-state index in [-0.39, 0.29) is 36.7 Å². The molecule has 0 unspecified atom stereocenters. The normalized spacial score (nSPS) is 21.4. The fourth-order valence-corrected chi connectivity index (χ4v) is 4.00. The predicted molar refractivity (Wildman–Crippen MR) is 102 cm³/mol. The van der Waals surface area contributed by atoms with Crippen LogP contribution < -0.4 is 16.0 Å². The van der Waals surface area contributed by atoms with E-state index in [2.05, 4.69) is 26.1 Å². The molecule has 2 atom stereocenters. The molecule has 3 N–H and O–H groups in total. The highest BCUT2D eigenvalue weighted by Gasteiger charge is 2.28. The highest BCUT2D eigenvalue weighted by atomic mass is 32.1. The van der Waals surface area contributed by atoms with Gasteiger partial charge in [-0.1, -0.05) is 23.5 Å². The number of hydrogen-bond donors (Lipinski definition) is 3. The fourth-order valence-electron chi connectivity index (χ4n) is 3.16. The number of aromatic nitrogens is 2. The Hall–Kier alpha value is -2.85. The van der Waals surface area contributed by atoms with Gasteiger partial charge in [-0.15, -0.1) is 10.2 Å². The number of carbonyl (C=O) groups is 3. The van der Waals surface area contributed by atoms with Gasteiger partial charge >= 0.3 is 0 Å². The predicted octanol–water partition coefficient (Wildman–Crippen LogP) is 1.86. The molecule has 3 heterocycles. The van der Waals surface area contributed by atoms with E-state index in [4.69, 9.17) is 4.74 Å². The van der Waals surface area contributed by atoms with Crippen LogP contribution >= 0.6 is 11.3 Å². The lowest BCUT2D eigenvalue weighted by Gasteiger charge is -2.13. The lowest BCUT2D eigenvalue weighted by atomic mass is 10.1. The summed E-state index contributed by atoms with van der Waals surface area (Å²) in [6.07, 6.45) is 2.08. The first-order chi connectivity index (χ1) is 13.6. The quantitative estimate of drug-likeness (QED) is 0.703. The minimum absolute atomic E-state index is 0.0466. The molecule has 2 aliphatic heterocycles. The maximum absolute atomic E-state index is 12.4. The lowest BCUT2D eigenvalue weighted by molar-refractivity contribution is -0.118. The van der Waals surface area contributed by atoms with Gasteiger partial charge in [0, 0.05) is 13.0 Å². The summed E-state index contributed by atoms with van der Waals surface area (Å²) in [7, 11) is 0. The molecule has 0 saturated carbocycles. The molecule has 9 nitrogen and oxygen atoms in total.